The van der Waals surface area contributed by atoms with Crippen LogP contribution in [0.15, 0.2) is 12.3 Å². The van der Waals surface area contributed by atoms with Crippen LogP contribution in [0.3, 0.4) is 0 Å². The molecule has 2 unspecified atom stereocenters. The van der Waals surface area contributed by atoms with Crippen molar-refractivity contribution >= 4 is 11.9 Å². The van der Waals surface area contributed by atoms with Gasteiger partial charge in [0.15, 0.2) is 0 Å². The summed E-state index contributed by atoms with van der Waals surface area (Å²) in [6, 6.07) is 1.01. The fourth-order valence-corrected chi connectivity index (χ4v) is 6.39. The number of aromatic nitrogens is 2. The number of halogens is 3. The average molecular weight is 528 g/mol. The van der Waals surface area contributed by atoms with Crippen LogP contribution in [-0.2, 0) is 25.2 Å². The van der Waals surface area contributed by atoms with Gasteiger partial charge in [0, 0.05) is 58.7 Å². The summed E-state index contributed by atoms with van der Waals surface area (Å²) in [6.45, 7) is 3.55. The lowest BCUT2D eigenvalue weighted by atomic mass is 9.72. The number of nitrogens with one attached hydrogen (secondary N) is 1. The van der Waals surface area contributed by atoms with E-state index in [1.165, 1.54) is 0 Å². The third kappa shape index (κ3) is 5.57. The summed E-state index contributed by atoms with van der Waals surface area (Å²) in [5.41, 5.74) is -1.47. The van der Waals surface area contributed by atoms with Gasteiger partial charge in [0.25, 0.3) is 0 Å². The van der Waals surface area contributed by atoms with Crippen LogP contribution in [0.2, 0.25) is 0 Å². The van der Waals surface area contributed by atoms with E-state index < -0.39 is 17.3 Å². The lowest BCUT2D eigenvalue weighted by Crippen LogP contribution is -2.55. The lowest BCUT2D eigenvalue weighted by Gasteiger charge is -2.42. The Morgan fingerprint density at radius 2 is 2.00 bits per heavy atom. The van der Waals surface area contributed by atoms with Gasteiger partial charge in [0.1, 0.15) is 11.9 Å². The molecule has 9 nitrogen and oxygen atoms in total. The van der Waals surface area contributed by atoms with Crippen molar-refractivity contribution in [3.8, 4) is 0 Å². The SMILES string of the molecule is COC1CCCOC1N[C@@H]1CC[C@@](C(=O)N2CCN(c3nccc(C(F)(F)F)n3)CC2)([C@H]2CCOC2)C1. The molecule has 4 heterocycles. The van der Waals surface area contributed by atoms with Crippen LogP contribution >= 0.6 is 0 Å². The van der Waals surface area contributed by atoms with Crippen LogP contribution in [-0.4, -0.2) is 92.3 Å². The van der Waals surface area contributed by atoms with Gasteiger partial charge in [-0.05, 0) is 50.5 Å². The number of hydrogen-bond acceptors (Lipinski definition) is 8. The van der Waals surface area contributed by atoms with Crippen LogP contribution in [0.25, 0.3) is 0 Å². The van der Waals surface area contributed by atoms with E-state index in [4.69, 9.17) is 14.2 Å². The Morgan fingerprint density at radius 1 is 1.19 bits per heavy atom. The van der Waals surface area contributed by atoms with Gasteiger partial charge >= 0.3 is 6.18 Å². The third-order valence-electron chi connectivity index (χ3n) is 8.44. The topological polar surface area (TPSA) is 89.1 Å². The summed E-state index contributed by atoms with van der Waals surface area (Å²) in [7, 11) is 1.70. The van der Waals surface area contributed by atoms with Crippen molar-refractivity contribution < 1.29 is 32.2 Å². The van der Waals surface area contributed by atoms with E-state index in [-0.39, 0.29) is 36.1 Å². The van der Waals surface area contributed by atoms with Crippen molar-refractivity contribution in [3.63, 3.8) is 0 Å². The largest absolute Gasteiger partial charge is 0.433 e. The predicted molar refractivity (Wildman–Crippen MR) is 128 cm³/mol. The molecule has 37 heavy (non-hydrogen) atoms. The highest BCUT2D eigenvalue weighted by Crippen LogP contribution is 2.49. The van der Waals surface area contributed by atoms with E-state index in [1.807, 2.05) is 4.90 Å². The predicted octanol–water partition coefficient (Wildman–Crippen LogP) is 2.46. The van der Waals surface area contributed by atoms with Gasteiger partial charge in [0.2, 0.25) is 11.9 Å². The minimum absolute atomic E-state index is 0.000380. The first-order valence-electron chi connectivity index (χ1n) is 13.2. The van der Waals surface area contributed by atoms with Gasteiger partial charge in [0.05, 0.1) is 18.1 Å². The molecule has 0 spiro atoms. The first kappa shape index (κ1) is 26.6. The number of rotatable bonds is 6. The Balaban J connectivity index is 1.25. The summed E-state index contributed by atoms with van der Waals surface area (Å²) in [5.74, 6) is 0.332. The normalized spacial score (nSPS) is 33.2. The van der Waals surface area contributed by atoms with Gasteiger partial charge in [-0.25, -0.2) is 9.97 Å². The van der Waals surface area contributed by atoms with Crippen LogP contribution in [0.1, 0.15) is 44.2 Å². The second kappa shape index (κ2) is 11.0. The highest BCUT2D eigenvalue weighted by atomic mass is 19.4. The fraction of sp³-hybridized carbons (Fsp3) is 0.800. The number of anilines is 1. The molecule has 3 aliphatic heterocycles. The summed E-state index contributed by atoms with van der Waals surface area (Å²) in [6.07, 6.45) is 1.57. The van der Waals surface area contributed by atoms with Crippen molar-refractivity contribution in [3.05, 3.63) is 18.0 Å². The van der Waals surface area contributed by atoms with Crippen LogP contribution in [0.5, 0.6) is 0 Å². The van der Waals surface area contributed by atoms with Crippen molar-refractivity contribution in [2.45, 2.75) is 63.1 Å². The molecule has 0 bridgehead atoms. The molecule has 12 heteroatoms. The number of ether oxygens (including phenoxy) is 3. The Labute approximate surface area is 215 Å². The molecule has 3 saturated heterocycles. The number of piperazine rings is 1. The molecule has 5 rings (SSSR count). The fourth-order valence-electron chi connectivity index (χ4n) is 6.39. The maximum Gasteiger partial charge on any atom is 0.433 e. The highest BCUT2D eigenvalue weighted by molar-refractivity contribution is 5.84. The summed E-state index contributed by atoms with van der Waals surface area (Å²) >= 11 is 0. The number of alkyl halides is 3. The zero-order valence-corrected chi connectivity index (χ0v) is 21.2. The molecule has 4 fully saturated rings. The quantitative estimate of drug-likeness (QED) is 0.604. The monoisotopic (exact) mass is 527 g/mol. The van der Waals surface area contributed by atoms with Gasteiger partial charge in [-0.1, -0.05) is 0 Å². The van der Waals surface area contributed by atoms with Gasteiger partial charge in [-0.2, -0.15) is 13.2 Å². The highest BCUT2D eigenvalue weighted by Gasteiger charge is 2.53. The standard InChI is InChI=1S/C25H36F3N5O4/c1-35-19-3-2-13-37-21(19)30-18-4-7-24(15-18,17-6-14-36-16-17)22(34)32-9-11-33(12-10-32)23-29-8-5-20(31-23)25(26,27)28/h5,8,17-19,21,30H,2-4,6-7,9-16H2,1H3/t17-,18+,19?,21?,24-/m0/s1. The van der Waals surface area contributed by atoms with E-state index in [9.17, 15) is 18.0 Å². The molecule has 1 aromatic rings. The number of methoxy groups -OCH3 is 1. The van der Waals surface area contributed by atoms with E-state index in [2.05, 4.69) is 15.3 Å². The molecular formula is C25H36F3N5O4. The first-order valence-corrected chi connectivity index (χ1v) is 13.2. The summed E-state index contributed by atoms with van der Waals surface area (Å²) < 4.78 is 56.6. The van der Waals surface area contributed by atoms with Crippen LogP contribution in [0, 0.1) is 11.3 Å². The molecule has 4 aliphatic rings. The molecule has 0 radical (unpaired) electrons. The van der Waals surface area contributed by atoms with Crippen molar-refractivity contribution in [1.29, 1.82) is 0 Å². The molecule has 206 valence electrons. The minimum Gasteiger partial charge on any atom is -0.381 e. The first-order chi connectivity index (χ1) is 17.8. The van der Waals surface area contributed by atoms with Crippen molar-refractivity contribution in [2.24, 2.45) is 11.3 Å². The van der Waals surface area contributed by atoms with Crippen LogP contribution < -0.4 is 10.2 Å². The van der Waals surface area contributed by atoms with Gasteiger partial charge in [-0.3, -0.25) is 10.1 Å². The molecule has 5 atom stereocenters. The van der Waals surface area contributed by atoms with Crippen molar-refractivity contribution in [2.75, 3.05) is 58.0 Å². The maximum atomic E-state index is 14.1. The van der Waals surface area contributed by atoms with Crippen molar-refractivity contribution in [1.82, 2.24) is 20.2 Å². The molecule has 0 aromatic carbocycles. The average Bonchev–Trinajstić information content (AvgIpc) is 3.60. The lowest BCUT2D eigenvalue weighted by molar-refractivity contribution is -0.146. The van der Waals surface area contributed by atoms with Gasteiger partial charge in [-0.15, -0.1) is 0 Å². The summed E-state index contributed by atoms with van der Waals surface area (Å²) in [5, 5.41) is 3.63. The van der Waals surface area contributed by atoms with E-state index in [0.29, 0.717) is 52.4 Å². The second-order valence-electron chi connectivity index (χ2n) is 10.5. The Hall–Kier alpha value is -2.02. The molecule has 1 saturated carbocycles. The van der Waals surface area contributed by atoms with E-state index >= 15 is 0 Å². The van der Waals surface area contributed by atoms with Crippen LogP contribution in [0.4, 0.5) is 19.1 Å². The molecule has 1 amide bonds. The van der Waals surface area contributed by atoms with E-state index in [0.717, 1.165) is 44.4 Å². The number of nitrogens with zero attached hydrogens (tertiary/aromatic N) is 4. The minimum atomic E-state index is -4.52. The zero-order chi connectivity index (χ0) is 26.0. The molecule has 1 aromatic heterocycles. The third-order valence-corrected chi connectivity index (χ3v) is 8.44. The zero-order valence-electron chi connectivity index (χ0n) is 21.2. The smallest absolute Gasteiger partial charge is 0.381 e. The van der Waals surface area contributed by atoms with Gasteiger partial charge < -0.3 is 24.0 Å². The number of amides is 1. The second-order valence-corrected chi connectivity index (χ2v) is 10.5. The molecule has 1 aliphatic carbocycles. The number of carbonyl (C=O) groups excluding carboxylic acids is 1. The molecule has 1 N–H and O–H groups in total. The Bertz CT molecular complexity index is 939. The van der Waals surface area contributed by atoms with E-state index in [1.54, 1.807) is 12.0 Å². The maximum absolute atomic E-state index is 14.1. The summed E-state index contributed by atoms with van der Waals surface area (Å²) in [4.78, 5) is 25.4. The Morgan fingerprint density at radius 3 is 2.70 bits per heavy atom. The number of carbonyl (C=O) groups is 1. The molecular weight excluding hydrogens is 491 g/mol. The number of hydrogen-bond donors (Lipinski definition) is 1. The Kier molecular flexibility index (Phi) is 7.90.